The van der Waals surface area contributed by atoms with Crippen molar-refractivity contribution in [1.29, 1.82) is 0 Å². The van der Waals surface area contributed by atoms with Crippen LogP contribution in [0.5, 0.6) is 5.75 Å². The molecule has 0 aromatic heterocycles. The molecule has 1 atom stereocenters. The molecular weight excluding hydrogens is 324 g/mol. The van der Waals surface area contributed by atoms with Crippen molar-refractivity contribution in [2.75, 3.05) is 26.3 Å². The van der Waals surface area contributed by atoms with Gasteiger partial charge in [0, 0.05) is 18.7 Å². The molecule has 1 amide bonds. The summed E-state index contributed by atoms with van der Waals surface area (Å²) >= 11 is 1.44. The smallest absolute Gasteiger partial charge is 0.286 e. The predicted octanol–water partition coefficient (Wildman–Crippen LogP) is 2.70. The number of aliphatic imine (C=N–C) groups is 1. The van der Waals surface area contributed by atoms with E-state index < -0.39 is 0 Å². The van der Waals surface area contributed by atoms with E-state index >= 15 is 0 Å². The Morgan fingerprint density at radius 1 is 1.29 bits per heavy atom. The number of amides is 1. The number of morpholine rings is 1. The number of nitrogens with zero attached hydrogens (tertiary/aromatic N) is 2. The number of amidine groups is 1. The van der Waals surface area contributed by atoms with Crippen LogP contribution in [0.15, 0.2) is 45.8 Å². The van der Waals surface area contributed by atoms with Gasteiger partial charge in [-0.15, -0.1) is 0 Å². The molecule has 4 rings (SSSR count). The van der Waals surface area contributed by atoms with Crippen LogP contribution in [-0.4, -0.2) is 48.4 Å². The van der Waals surface area contributed by atoms with Crippen LogP contribution in [0.1, 0.15) is 12.5 Å². The standard InChI is InChI=1S/C18H18N2O3S/c1-12-14(10-13-4-2-3-5-15(13)23-12)11-16-17(21)19-18(24-16)20-6-8-22-9-7-20/h2-5,10-12H,6-9H2,1H3/b16-11-/t12-/m0/s1. The molecule has 124 valence electrons. The Labute approximate surface area is 145 Å². The van der Waals surface area contributed by atoms with Gasteiger partial charge in [0.25, 0.3) is 5.91 Å². The minimum atomic E-state index is -0.173. The molecule has 3 aliphatic heterocycles. The van der Waals surface area contributed by atoms with E-state index in [2.05, 4.69) is 16.0 Å². The van der Waals surface area contributed by atoms with Gasteiger partial charge in [0.15, 0.2) is 5.17 Å². The number of thioether (sulfide) groups is 1. The van der Waals surface area contributed by atoms with Gasteiger partial charge < -0.3 is 14.4 Å². The summed E-state index contributed by atoms with van der Waals surface area (Å²) in [6, 6.07) is 7.91. The van der Waals surface area contributed by atoms with Crippen LogP contribution in [-0.2, 0) is 9.53 Å². The molecule has 0 bridgehead atoms. The number of para-hydroxylation sites is 1. The zero-order chi connectivity index (χ0) is 16.5. The van der Waals surface area contributed by atoms with Gasteiger partial charge in [0.2, 0.25) is 0 Å². The lowest BCUT2D eigenvalue weighted by Crippen LogP contribution is -2.38. The Hall–Kier alpha value is -2.05. The van der Waals surface area contributed by atoms with Gasteiger partial charge in [-0.3, -0.25) is 4.79 Å². The number of rotatable bonds is 1. The molecule has 1 fully saturated rings. The highest BCUT2D eigenvalue weighted by Crippen LogP contribution is 2.34. The van der Waals surface area contributed by atoms with E-state index in [1.165, 1.54) is 11.8 Å². The molecule has 3 aliphatic rings. The molecule has 24 heavy (non-hydrogen) atoms. The van der Waals surface area contributed by atoms with Crippen molar-refractivity contribution in [2.45, 2.75) is 13.0 Å². The molecule has 1 aromatic carbocycles. The second-order valence-electron chi connectivity index (χ2n) is 5.85. The first kappa shape index (κ1) is 15.5. The van der Waals surface area contributed by atoms with Crippen molar-refractivity contribution in [1.82, 2.24) is 4.90 Å². The zero-order valence-corrected chi connectivity index (χ0v) is 14.2. The average Bonchev–Trinajstić information content (AvgIpc) is 2.97. The first-order valence-electron chi connectivity index (χ1n) is 8.03. The molecule has 1 aromatic rings. The molecule has 3 heterocycles. The Kier molecular flexibility index (Phi) is 4.16. The molecule has 6 heteroatoms. The Morgan fingerprint density at radius 3 is 2.92 bits per heavy atom. The normalized spacial score (nSPS) is 25.2. The van der Waals surface area contributed by atoms with Crippen molar-refractivity contribution in [3.05, 3.63) is 46.4 Å². The summed E-state index contributed by atoms with van der Waals surface area (Å²) in [5, 5.41) is 0.778. The molecule has 0 unspecified atom stereocenters. The van der Waals surface area contributed by atoms with Crippen LogP contribution in [0.25, 0.3) is 6.08 Å². The molecule has 5 nitrogen and oxygen atoms in total. The maximum absolute atomic E-state index is 12.3. The van der Waals surface area contributed by atoms with Crippen molar-refractivity contribution in [2.24, 2.45) is 4.99 Å². The molecule has 0 N–H and O–H groups in total. The fraction of sp³-hybridized carbons (Fsp3) is 0.333. The molecule has 0 spiro atoms. The second-order valence-corrected chi connectivity index (χ2v) is 6.86. The molecule has 0 radical (unpaired) electrons. The van der Waals surface area contributed by atoms with Crippen LogP contribution in [0.3, 0.4) is 0 Å². The quantitative estimate of drug-likeness (QED) is 0.735. The van der Waals surface area contributed by atoms with E-state index in [-0.39, 0.29) is 12.0 Å². The maximum atomic E-state index is 12.3. The highest BCUT2D eigenvalue weighted by Gasteiger charge is 2.28. The lowest BCUT2D eigenvalue weighted by Gasteiger charge is -2.27. The Bertz CT molecular complexity index is 763. The lowest BCUT2D eigenvalue weighted by atomic mass is 10.0. The van der Waals surface area contributed by atoms with Gasteiger partial charge in [-0.1, -0.05) is 18.2 Å². The van der Waals surface area contributed by atoms with Crippen molar-refractivity contribution in [3.63, 3.8) is 0 Å². The van der Waals surface area contributed by atoms with Crippen LogP contribution in [0.2, 0.25) is 0 Å². The topological polar surface area (TPSA) is 51.1 Å². The minimum absolute atomic E-state index is 0.0896. The van der Waals surface area contributed by atoms with Crippen LogP contribution >= 0.6 is 11.8 Å². The van der Waals surface area contributed by atoms with Crippen LogP contribution in [0.4, 0.5) is 0 Å². The van der Waals surface area contributed by atoms with E-state index in [0.717, 1.165) is 35.1 Å². The second kappa shape index (κ2) is 6.45. The number of carbonyl (C=O) groups is 1. The largest absolute Gasteiger partial charge is 0.485 e. The summed E-state index contributed by atoms with van der Waals surface area (Å²) in [4.78, 5) is 19.2. The third-order valence-corrected chi connectivity index (χ3v) is 5.25. The molecule has 0 saturated carbocycles. The van der Waals surface area contributed by atoms with E-state index in [1.807, 2.05) is 37.3 Å². The minimum Gasteiger partial charge on any atom is -0.485 e. The Morgan fingerprint density at radius 2 is 2.08 bits per heavy atom. The highest BCUT2D eigenvalue weighted by atomic mass is 32.2. The number of carbonyl (C=O) groups excluding carboxylic acids is 1. The number of fused-ring (bicyclic) bond motifs is 1. The van der Waals surface area contributed by atoms with Gasteiger partial charge in [0.05, 0.1) is 18.1 Å². The predicted molar refractivity (Wildman–Crippen MR) is 95.0 cm³/mol. The van der Waals surface area contributed by atoms with Crippen molar-refractivity contribution >= 4 is 28.9 Å². The Balaban J connectivity index is 1.56. The van der Waals surface area contributed by atoms with Gasteiger partial charge in [-0.2, -0.15) is 4.99 Å². The fourth-order valence-corrected chi connectivity index (χ4v) is 3.83. The zero-order valence-electron chi connectivity index (χ0n) is 13.4. The number of hydrogen-bond acceptors (Lipinski definition) is 5. The number of hydrogen-bond donors (Lipinski definition) is 0. The van der Waals surface area contributed by atoms with E-state index in [0.29, 0.717) is 18.1 Å². The van der Waals surface area contributed by atoms with Gasteiger partial charge in [-0.05, 0) is 42.5 Å². The van der Waals surface area contributed by atoms with Gasteiger partial charge in [-0.25, -0.2) is 0 Å². The first-order valence-corrected chi connectivity index (χ1v) is 8.85. The fourth-order valence-electron chi connectivity index (χ4n) is 2.86. The summed E-state index contributed by atoms with van der Waals surface area (Å²) in [5.41, 5.74) is 2.02. The molecular formula is C18H18N2O3S. The third kappa shape index (κ3) is 2.99. The average molecular weight is 342 g/mol. The lowest BCUT2D eigenvalue weighted by molar-refractivity contribution is -0.113. The van der Waals surface area contributed by atoms with Gasteiger partial charge >= 0.3 is 0 Å². The monoisotopic (exact) mass is 342 g/mol. The van der Waals surface area contributed by atoms with E-state index in [1.54, 1.807) is 0 Å². The third-order valence-electron chi connectivity index (χ3n) is 4.20. The summed E-state index contributed by atoms with van der Waals surface area (Å²) in [7, 11) is 0. The van der Waals surface area contributed by atoms with Crippen molar-refractivity contribution < 1.29 is 14.3 Å². The summed E-state index contributed by atoms with van der Waals surface area (Å²) in [6.45, 7) is 4.91. The van der Waals surface area contributed by atoms with Gasteiger partial charge in [0.1, 0.15) is 11.9 Å². The number of benzene rings is 1. The molecule has 1 saturated heterocycles. The SMILES string of the molecule is C[C@@H]1Oc2ccccc2C=C1/C=C1\SC(N2CCOCC2)=NC1=O. The summed E-state index contributed by atoms with van der Waals surface area (Å²) in [5.74, 6) is 0.705. The number of ether oxygens (including phenoxy) is 2. The first-order chi connectivity index (χ1) is 11.7. The maximum Gasteiger partial charge on any atom is 0.286 e. The summed E-state index contributed by atoms with van der Waals surface area (Å²) < 4.78 is 11.3. The molecule has 0 aliphatic carbocycles. The van der Waals surface area contributed by atoms with Crippen LogP contribution in [0, 0.1) is 0 Å². The highest BCUT2D eigenvalue weighted by molar-refractivity contribution is 8.18. The van der Waals surface area contributed by atoms with E-state index in [4.69, 9.17) is 9.47 Å². The van der Waals surface area contributed by atoms with Crippen LogP contribution < -0.4 is 4.74 Å². The van der Waals surface area contributed by atoms with Crippen molar-refractivity contribution in [3.8, 4) is 5.75 Å². The van der Waals surface area contributed by atoms with E-state index in [9.17, 15) is 4.79 Å². The summed E-state index contributed by atoms with van der Waals surface area (Å²) in [6.07, 6.45) is 3.90.